The van der Waals surface area contributed by atoms with E-state index in [1.165, 1.54) is 0 Å². The molecule has 5 nitrogen and oxygen atoms in total. The molecule has 6 heteroatoms. The zero-order chi connectivity index (χ0) is 13.4. The molecule has 96 valence electrons. The lowest BCUT2D eigenvalue weighted by atomic mass is 10.1. The first-order chi connectivity index (χ1) is 9.13. The van der Waals surface area contributed by atoms with E-state index >= 15 is 0 Å². The minimum absolute atomic E-state index is 0.158. The van der Waals surface area contributed by atoms with Gasteiger partial charge in [-0.3, -0.25) is 19.9 Å². The number of halogens is 1. The molecule has 1 aliphatic rings. The third kappa shape index (κ3) is 2.31. The molecule has 0 spiro atoms. The van der Waals surface area contributed by atoms with Gasteiger partial charge in [-0.2, -0.15) is 0 Å². The van der Waals surface area contributed by atoms with Crippen LogP contribution in [0.5, 0.6) is 0 Å². The maximum Gasteiger partial charge on any atom is 0.249 e. The summed E-state index contributed by atoms with van der Waals surface area (Å²) in [6.07, 6.45) is 1.86. The number of imide groups is 1. The summed E-state index contributed by atoms with van der Waals surface area (Å²) in [7, 11) is 0. The van der Waals surface area contributed by atoms with Crippen molar-refractivity contribution in [2.75, 3.05) is 5.32 Å². The molecule has 0 saturated carbocycles. The van der Waals surface area contributed by atoms with Crippen LogP contribution in [0.4, 0.5) is 5.69 Å². The van der Waals surface area contributed by atoms with Crippen LogP contribution in [0.2, 0.25) is 0 Å². The number of aromatic nitrogens is 1. The second kappa shape index (κ2) is 4.62. The molecule has 2 aromatic rings. The third-order valence-electron chi connectivity index (χ3n) is 2.98. The second-order valence-corrected chi connectivity index (χ2v) is 5.26. The molecular formula is C13H10BrN3O2. The summed E-state index contributed by atoms with van der Waals surface area (Å²) in [6.45, 7) is 0. The van der Waals surface area contributed by atoms with Crippen molar-refractivity contribution in [3.63, 3.8) is 0 Å². The summed E-state index contributed by atoms with van der Waals surface area (Å²) >= 11 is 3.37. The Labute approximate surface area is 117 Å². The molecule has 2 amide bonds. The van der Waals surface area contributed by atoms with Gasteiger partial charge in [0, 0.05) is 16.1 Å². The van der Waals surface area contributed by atoms with Crippen molar-refractivity contribution < 1.29 is 9.59 Å². The van der Waals surface area contributed by atoms with Crippen molar-refractivity contribution in [2.45, 2.75) is 12.5 Å². The molecule has 1 unspecified atom stereocenters. The van der Waals surface area contributed by atoms with Crippen LogP contribution in [0.3, 0.4) is 0 Å². The summed E-state index contributed by atoms with van der Waals surface area (Å²) in [5.74, 6) is -0.544. The Hall–Kier alpha value is -1.95. The number of benzene rings is 1. The first kappa shape index (κ1) is 12.1. The number of nitrogens with zero attached hydrogens (tertiary/aromatic N) is 1. The van der Waals surface area contributed by atoms with Gasteiger partial charge < -0.3 is 5.32 Å². The average molecular weight is 320 g/mol. The lowest BCUT2D eigenvalue weighted by molar-refractivity contribution is -0.124. The molecule has 0 bridgehead atoms. The lowest BCUT2D eigenvalue weighted by Gasteiger charge is -2.12. The molecular weight excluding hydrogens is 310 g/mol. The first-order valence-electron chi connectivity index (χ1n) is 5.78. The normalized spacial score (nSPS) is 18.7. The number of amides is 2. The summed E-state index contributed by atoms with van der Waals surface area (Å²) < 4.78 is 0.894. The van der Waals surface area contributed by atoms with Gasteiger partial charge in [-0.15, -0.1) is 0 Å². The fourth-order valence-corrected chi connectivity index (χ4v) is 2.46. The Kier molecular flexibility index (Phi) is 2.94. The lowest BCUT2D eigenvalue weighted by Crippen LogP contribution is -2.30. The molecule has 1 fully saturated rings. The number of pyridine rings is 1. The Balaban J connectivity index is 1.97. The summed E-state index contributed by atoms with van der Waals surface area (Å²) in [6, 6.07) is 7.10. The van der Waals surface area contributed by atoms with Crippen molar-refractivity contribution in [3.05, 3.63) is 34.9 Å². The van der Waals surface area contributed by atoms with Gasteiger partial charge in [0.05, 0.1) is 17.6 Å². The van der Waals surface area contributed by atoms with Crippen molar-refractivity contribution in [3.8, 4) is 0 Å². The van der Waals surface area contributed by atoms with Crippen molar-refractivity contribution in [1.82, 2.24) is 10.3 Å². The Morgan fingerprint density at radius 1 is 1.37 bits per heavy atom. The zero-order valence-electron chi connectivity index (χ0n) is 9.81. The zero-order valence-corrected chi connectivity index (χ0v) is 11.4. The number of para-hydroxylation sites is 1. The van der Waals surface area contributed by atoms with E-state index in [0.717, 1.165) is 21.1 Å². The van der Waals surface area contributed by atoms with Crippen molar-refractivity contribution in [1.29, 1.82) is 0 Å². The molecule has 1 saturated heterocycles. The van der Waals surface area contributed by atoms with Gasteiger partial charge in [0.1, 0.15) is 6.04 Å². The molecule has 3 rings (SSSR count). The third-order valence-corrected chi connectivity index (χ3v) is 3.41. The van der Waals surface area contributed by atoms with Gasteiger partial charge in [0.15, 0.2) is 0 Å². The van der Waals surface area contributed by atoms with E-state index in [-0.39, 0.29) is 18.2 Å². The predicted molar refractivity (Wildman–Crippen MR) is 74.6 cm³/mol. The highest BCUT2D eigenvalue weighted by atomic mass is 79.9. The number of hydrogen-bond acceptors (Lipinski definition) is 4. The summed E-state index contributed by atoms with van der Waals surface area (Å²) in [5, 5.41) is 6.31. The van der Waals surface area contributed by atoms with E-state index in [1.807, 2.05) is 24.3 Å². The molecule has 2 heterocycles. The van der Waals surface area contributed by atoms with E-state index in [9.17, 15) is 9.59 Å². The van der Waals surface area contributed by atoms with Crippen LogP contribution in [0.15, 0.2) is 34.9 Å². The predicted octanol–water partition coefficient (Wildman–Crippen LogP) is 1.82. The number of fused-ring (bicyclic) bond motifs is 1. The standard InChI is InChI=1S/C13H10BrN3O2/c14-8-4-7-2-1-3-9(12(7)15-6-8)16-10-5-11(18)17-13(10)19/h1-4,6,10,16H,5H2,(H,17,18,19). The molecule has 1 atom stereocenters. The van der Waals surface area contributed by atoms with Gasteiger partial charge in [0.25, 0.3) is 0 Å². The topological polar surface area (TPSA) is 71.1 Å². The van der Waals surface area contributed by atoms with Gasteiger partial charge in [-0.05, 0) is 28.1 Å². The van der Waals surface area contributed by atoms with E-state index in [4.69, 9.17) is 0 Å². The van der Waals surface area contributed by atoms with Gasteiger partial charge in [0.2, 0.25) is 11.8 Å². The Morgan fingerprint density at radius 3 is 2.95 bits per heavy atom. The first-order valence-corrected chi connectivity index (χ1v) is 6.57. The van der Waals surface area contributed by atoms with E-state index in [2.05, 4.69) is 31.5 Å². The van der Waals surface area contributed by atoms with Crippen molar-refractivity contribution in [2.24, 2.45) is 0 Å². The average Bonchev–Trinajstić information content (AvgIpc) is 2.68. The number of carbonyl (C=O) groups excluding carboxylic acids is 2. The number of rotatable bonds is 2. The SMILES string of the molecule is O=C1CC(Nc2cccc3cc(Br)cnc23)C(=O)N1. The minimum Gasteiger partial charge on any atom is -0.371 e. The van der Waals surface area contributed by atoms with Gasteiger partial charge in [-0.1, -0.05) is 12.1 Å². The van der Waals surface area contributed by atoms with Gasteiger partial charge >= 0.3 is 0 Å². The largest absolute Gasteiger partial charge is 0.371 e. The number of hydrogen-bond donors (Lipinski definition) is 2. The fourth-order valence-electron chi connectivity index (χ4n) is 2.11. The molecule has 0 radical (unpaired) electrons. The van der Waals surface area contributed by atoms with Crippen LogP contribution < -0.4 is 10.6 Å². The highest BCUT2D eigenvalue weighted by Gasteiger charge is 2.30. The highest BCUT2D eigenvalue weighted by molar-refractivity contribution is 9.10. The second-order valence-electron chi connectivity index (χ2n) is 4.34. The number of carbonyl (C=O) groups is 2. The van der Waals surface area contributed by atoms with E-state index < -0.39 is 6.04 Å². The van der Waals surface area contributed by atoms with Crippen LogP contribution in [-0.2, 0) is 9.59 Å². The van der Waals surface area contributed by atoms with Gasteiger partial charge in [-0.25, -0.2) is 0 Å². The Bertz CT molecular complexity index is 687. The number of nitrogens with one attached hydrogen (secondary N) is 2. The van der Waals surface area contributed by atoms with Crippen LogP contribution >= 0.6 is 15.9 Å². The maximum atomic E-state index is 11.6. The maximum absolute atomic E-state index is 11.6. The van der Waals surface area contributed by atoms with Crippen molar-refractivity contribution >= 4 is 44.3 Å². The summed E-state index contributed by atoms with van der Waals surface area (Å²) in [4.78, 5) is 27.1. The Morgan fingerprint density at radius 2 is 2.21 bits per heavy atom. The molecule has 1 aliphatic heterocycles. The quantitative estimate of drug-likeness (QED) is 0.828. The van der Waals surface area contributed by atoms with Crippen LogP contribution in [0.25, 0.3) is 10.9 Å². The van der Waals surface area contributed by atoms with Crippen LogP contribution in [0, 0.1) is 0 Å². The van der Waals surface area contributed by atoms with Crippen LogP contribution in [-0.4, -0.2) is 22.8 Å². The molecule has 1 aromatic carbocycles. The molecule has 0 aliphatic carbocycles. The number of anilines is 1. The minimum atomic E-state index is -0.524. The van der Waals surface area contributed by atoms with E-state index in [0.29, 0.717) is 0 Å². The smallest absolute Gasteiger partial charge is 0.249 e. The highest BCUT2D eigenvalue weighted by Crippen LogP contribution is 2.25. The summed E-state index contributed by atoms with van der Waals surface area (Å²) in [5.41, 5.74) is 1.53. The molecule has 19 heavy (non-hydrogen) atoms. The molecule has 1 aromatic heterocycles. The molecule has 2 N–H and O–H groups in total. The van der Waals surface area contributed by atoms with E-state index in [1.54, 1.807) is 6.20 Å². The fraction of sp³-hybridized carbons (Fsp3) is 0.154. The van der Waals surface area contributed by atoms with Crippen LogP contribution in [0.1, 0.15) is 6.42 Å². The monoisotopic (exact) mass is 319 g/mol.